The van der Waals surface area contributed by atoms with Crippen molar-refractivity contribution in [2.24, 2.45) is 0 Å². The average Bonchev–Trinajstić information content (AvgIpc) is 3.28. The molecular formula is C28H24F4N4O3. The van der Waals surface area contributed by atoms with Crippen LogP contribution in [-0.4, -0.2) is 37.4 Å². The van der Waals surface area contributed by atoms with E-state index in [1.807, 2.05) is 30.3 Å². The van der Waals surface area contributed by atoms with Crippen LogP contribution in [0.15, 0.2) is 72.9 Å². The molecular weight excluding hydrogens is 516 g/mol. The number of aromatic nitrogens is 3. The maximum atomic E-state index is 14.1. The van der Waals surface area contributed by atoms with Crippen LogP contribution in [0.2, 0.25) is 0 Å². The van der Waals surface area contributed by atoms with Crippen molar-refractivity contribution in [1.82, 2.24) is 19.6 Å². The summed E-state index contributed by atoms with van der Waals surface area (Å²) in [4.78, 5) is 22.6. The number of hydrogen-bond donors (Lipinski definition) is 1. The van der Waals surface area contributed by atoms with Gasteiger partial charge in [0.1, 0.15) is 18.0 Å². The summed E-state index contributed by atoms with van der Waals surface area (Å²) in [5.74, 6) is -0.806. The summed E-state index contributed by atoms with van der Waals surface area (Å²) < 4.78 is 60.7. The van der Waals surface area contributed by atoms with Gasteiger partial charge in [0.05, 0.1) is 11.6 Å². The van der Waals surface area contributed by atoms with Crippen molar-refractivity contribution in [1.29, 1.82) is 0 Å². The van der Waals surface area contributed by atoms with Crippen LogP contribution in [-0.2, 0) is 17.5 Å². The smallest absolute Gasteiger partial charge is 0.416 e. The molecule has 1 N–H and O–H groups in total. The number of pyridine rings is 1. The topological polar surface area (TPSA) is 80.5 Å². The molecule has 11 heteroatoms. The highest BCUT2D eigenvalue weighted by molar-refractivity contribution is 5.79. The number of likely N-dealkylation sites (tertiary alicyclic amines) is 1. The summed E-state index contributed by atoms with van der Waals surface area (Å²) >= 11 is 0. The first kappa shape index (κ1) is 26.2. The molecule has 2 aromatic heterocycles. The molecule has 39 heavy (non-hydrogen) atoms. The number of piperidine rings is 1. The summed E-state index contributed by atoms with van der Waals surface area (Å²) in [6.07, 6.45) is -2.18. The van der Waals surface area contributed by atoms with Gasteiger partial charge in [0, 0.05) is 29.9 Å². The molecule has 1 fully saturated rings. The first-order valence-electron chi connectivity index (χ1n) is 12.3. The first-order valence-corrected chi connectivity index (χ1v) is 12.3. The van der Waals surface area contributed by atoms with Crippen LogP contribution in [0.5, 0.6) is 0 Å². The standard InChI is InChI=1S/C28H24F4N4O3/c29-23-16-20(12-13-33-23)25-24(19-9-6-10-21(15-19)28(30,31)32)34-26(36(25)38)22-11-4-5-14-35(22)27(37)39-17-18-7-2-1-3-8-18/h1-3,6-10,12-13,15-16,22,38H,4-5,11,14,17H2. The number of ether oxygens (including phenoxy) is 1. The zero-order valence-corrected chi connectivity index (χ0v) is 20.6. The van der Waals surface area contributed by atoms with E-state index in [-0.39, 0.29) is 34.9 Å². The summed E-state index contributed by atoms with van der Waals surface area (Å²) in [5, 5.41) is 11.3. The highest BCUT2D eigenvalue weighted by atomic mass is 19.4. The molecule has 1 saturated heterocycles. The lowest BCUT2D eigenvalue weighted by Crippen LogP contribution is -2.40. The van der Waals surface area contributed by atoms with Crippen molar-refractivity contribution >= 4 is 6.09 Å². The van der Waals surface area contributed by atoms with Gasteiger partial charge in [0.25, 0.3) is 0 Å². The fourth-order valence-electron chi connectivity index (χ4n) is 4.72. The van der Waals surface area contributed by atoms with Crippen molar-refractivity contribution in [2.75, 3.05) is 6.54 Å². The number of imidazole rings is 1. The van der Waals surface area contributed by atoms with Crippen LogP contribution < -0.4 is 0 Å². The molecule has 1 atom stereocenters. The maximum Gasteiger partial charge on any atom is 0.416 e. The Bertz CT molecular complexity index is 1470. The van der Waals surface area contributed by atoms with Gasteiger partial charge in [-0.05, 0) is 43.0 Å². The molecule has 7 nitrogen and oxygen atoms in total. The molecule has 1 aliphatic rings. The van der Waals surface area contributed by atoms with E-state index in [2.05, 4.69) is 9.97 Å². The zero-order valence-electron chi connectivity index (χ0n) is 20.6. The molecule has 0 bridgehead atoms. The molecule has 0 aliphatic carbocycles. The molecule has 3 heterocycles. The highest BCUT2D eigenvalue weighted by Gasteiger charge is 2.36. The first-order chi connectivity index (χ1) is 18.7. The fraction of sp³-hybridized carbons (Fsp3) is 0.250. The van der Waals surface area contributed by atoms with Crippen molar-refractivity contribution < 1.29 is 32.3 Å². The fourth-order valence-corrected chi connectivity index (χ4v) is 4.72. The van der Waals surface area contributed by atoms with E-state index in [0.29, 0.717) is 19.4 Å². The van der Waals surface area contributed by atoms with E-state index in [1.54, 1.807) is 0 Å². The van der Waals surface area contributed by atoms with E-state index in [9.17, 15) is 27.6 Å². The molecule has 4 aromatic rings. The number of nitrogens with zero attached hydrogens (tertiary/aromatic N) is 4. The van der Waals surface area contributed by atoms with Gasteiger partial charge in [-0.3, -0.25) is 4.90 Å². The Morgan fingerprint density at radius 2 is 1.82 bits per heavy atom. The van der Waals surface area contributed by atoms with Crippen LogP contribution in [0.25, 0.3) is 22.5 Å². The lowest BCUT2D eigenvalue weighted by Gasteiger charge is -2.34. The number of alkyl halides is 3. The number of benzene rings is 2. The van der Waals surface area contributed by atoms with Gasteiger partial charge >= 0.3 is 12.3 Å². The van der Waals surface area contributed by atoms with Crippen LogP contribution >= 0.6 is 0 Å². The predicted molar refractivity (Wildman–Crippen MR) is 133 cm³/mol. The molecule has 0 spiro atoms. The van der Waals surface area contributed by atoms with Crippen molar-refractivity contribution in [3.05, 3.63) is 95.8 Å². The molecule has 0 radical (unpaired) electrons. The lowest BCUT2D eigenvalue weighted by molar-refractivity contribution is -0.137. The third kappa shape index (κ3) is 5.57. The number of amides is 1. The van der Waals surface area contributed by atoms with Gasteiger partial charge in [0.15, 0.2) is 5.82 Å². The maximum absolute atomic E-state index is 14.1. The quantitative estimate of drug-likeness (QED) is 0.170. The number of hydrogen-bond acceptors (Lipinski definition) is 5. The Balaban J connectivity index is 1.56. The van der Waals surface area contributed by atoms with Crippen LogP contribution in [0.4, 0.5) is 22.4 Å². The largest absolute Gasteiger partial charge is 0.445 e. The second-order valence-corrected chi connectivity index (χ2v) is 9.17. The molecule has 2 aromatic carbocycles. The van der Waals surface area contributed by atoms with Gasteiger partial charge < -0.3 is 9.94 Å². The Labute approximate surface area is 221 Å². The summed E-state index contributed by atoms with van der Waals surface area (Å²) in [6.45, 7) is 0.386. The monoisotopic (exact) mass is 540 g/mol. The molecule has 1 aliphatic heterocycles. The van der Waals surface area contributed by atoms with Crippen molar-refractivity contribution in [3.63, 3.8) is 0 Å². The Morgan fingerprint density at radius 3 is 2.56 bits per heavy atom. The Morgan fingerprint density at radius 1 is 1.03 bits per heavy atom. The molecule has 5 rings (SSSR count). The Hall–Kier alpha value is -4.41. The van der Waals surface area contributed by atoms with Gasteiger partial charge in [-0.25, -0.2) is 14.8 Å². The van der Waals surface area contributed by atoms with Crippen LogP contribution in [0.3, 0.4) is 0 Å². The minimum atomic E-state index is -4.60. The van der Waals surface area contributed by atoms with Crippen LogP contribution in [0, 0.1) is 5.95 Å². The predicted octanol–water partition coefficient (Wildman–Crippen LogP) is 6.87. The third-order valence-electron chi connectivity index (χ3n) is 6.58. The minimum absolute atomic E-state index is 0.00683. The average molecular weight is 541 g/mol. The van der Waals surface area contributed by atoms with E-state index < -0.39 is 29.8 Å². The molecule has 1 amide bonds. The SMILES string of the molecule is O=C(OCc1ccccc1)N1CCCCC1c1nc(-c2cccc(C(F)(F)F)c2)c(-c2ccnc(F)c2)n1O. The van der Waals surface area contributed by atoms with Gasteiger partial charge in [-0.2, -0.15) is 22.3 Å². The van der Waals surface area contributed by atoms with E-state index in [4.69, 9.17) is 4.74 Å². The molecule has 0 saturated carbocycles. The Kier molecular flexibility index (Phi) is 7.23. The number of rotatable bonds is 5. The molecule has 1 unspecified atom stereocenters. The minimum Gasteiger partial charge on any atom is -0.445 e. The zero-order chi connectivity index (χ0) is 27.6. The van der Waals surface area contributed by atoms with E-state index in [1.165, 1.54) is 29.3 Å². The number of carbonyl (C=O) groups is 1. The summed E-state index contributed by atoms with van der Waals surface area (Å²) in [6, 6.07) is 15.4. The summed E-state index contributed by atoms with van der Waals surface area (Å²) in [7, 11) is 0. The number of halogens is 4. The van der Waals surface area contributed by atoms with Crippen molar-refractivity contribution in [3.8, 4) is 22.5 Å². The van der Waals surface area contributed by atoms with Gasteiger partial charge in [0.2, 0.25) is 5.95 Å². The molecule has 202 valence electrons. The van der Waals surface area contributed by atoms with E-state index >= 15 is 0 Å². The van der Waals surface area contributed by atoms with Gasteiger partial charge in [-0.1, -0.05) is 42.5 Å². The van der Waals surface area contributed by atoms with E-state index in [0.717, 1.165) is 34.9 Å². The highest BCUT2D eigenvalue weighted by Crippen LogP contribution is 2.39. The second-order valence-electron chi connectivity index (χ2n) is 9.17. The third-order valence-corrected chi connectivity index (χ3v) is 6.58. The lowest BCUT2D eigenvalue weighted by atomic mass is 10.0. The normalized spacial score (nSPS) is 15.8. The summed E-state index contributed by atoms with van der Waals surface area (Å²) in [5.41, 5.74) is 0.119. The van der Waals surface area contributed by atoms with Crippen molar-refractivity contribution in [2.45, 2.75) is 38.1 Å². The number of carbonyl (C=O) groups excluding carboxylic acids is 1. The van der Waals surface area contributed by atoms with Gasteiger partial charge in [-0.15, -0.1) is 0 Å². The van der Waals surface area contributed by atoms with Crippen LogP contribution in [0.1, 0.15) is 42.3 Å². The second kappa shape index (κ2) is 10.8.